The summed E-state index contributed by atoms with van der Waals surface area (Å²) in [4.78, 5) is 25.1. The Labute approximate surface area is 111 Å². The first kappa shape index (κ1) is 13.7. The summed E-state index contributed by atoms with van der Waals surface area (Å²) in [6, 6.07) is -0.818. The second kappa shape index (κ2) is 5.93. The molecule has 1 unspecified atom stereocenters. The number of nitrogens with one attached hydrogen (secondary N) is 1. The molecule has 2 aliphatic rings. The predicted octanol–water partition coefficient (Wildman–Crippen LogP) is 0.546. The lowest BCUT2D eigenvalue weighted by atomic mass is 10.1. The number of hydrogen-bond acceptors (Lipinski definition) is 4. The number of likely N-dealkylation sites (tertiary alicyclic amines) is 1. The van der Waals surface area contributed by atoms with Gasteiger partial charge in [0.2, 0.25) is 5.91 Å². The molecule has 0 aromatic heterocycles. The van der Waals surface area contributed by atoms with E-state index < -0.39 is 12.0 Å². The van der Waals surface area contributed by atoms with Crippen LogP contribution >= 0.6 is 11.8 Å². The lowest BCUT2D eigenvalue weighted by Crippen LogP contribution is -2.51. The first-order valence-electron chi connectivity index (χ1n) is 6.53. The topological polar surface area (TPSA) is 69.6 Å². The Morgan fingerprint density at radius 1 is 1.44 bits per heavy atom. The van der Waals surface area contributed by atoms with E-state index in [2.05, 4.69) is 12.2 Å². The fourth-order valence-electron chi connectivity index (χ4n) is 2.79. The van der Waals surface area contributed by atoms with Gasteiger partial charge in [0.1, 0.15) is 6.04 Å². The van der Waals surface area contributed by atoms with Gasteiger partial charge in [-0.3, -0.25) is 4.79 Å². The molecular formula is C12H20N2O3S. The summed E-state index contributed by atoms with van der Waals surface area (Å²) < 4.78 is 0. The lowest BCUT2D eigenvalue weighted by molar-refractivity contribution is -0.148. The molecule has 0 aromatic carbocycles. The summed E-state index contributed by atoms with van der Waals surface area (Å²) in [6.45, 7) is 3.51. The summed E-state index contributed by atoms with van der Waals surface area (Å²) in [5, 5.41) is 12.6. The highest BCUT2D eigenvalue weighted by molar-refractivity contribution is 7.99. The van der Waals surface area contributed by atoms with Crippen LogP contribution in [0.4, 0.5) is 0 Å². The van der Waals surface area contributed by atoms with Crippen LogP contribution in [-0.2, 0) is 9.59 Å². The van der Waals surface area contributed by atoms with Crippen LogP contribution in [0.15, 0.2) is 0 Å². The zero-order valence-corrected chi connectivity index (χ0v) is 11.4. The van der Waals surface area contributed by atoms with Crippen LogP contribution in [0.5, 0.6) is 0 Å². The van der Waals surface area contributed by atoms with Gasteiger partial charge < -0.3 is 15.3 Å². The van der Waals surface area contributed by atoms with E-state index in [4.69, 9.17) is 5.11 Å². The largest absolute Gasteiger partial charge is 0.480 e. The van der Waals surface area contributed by atoms with Crippen molar-refractivity contribution in [2.45, 2.75) is 43.5 Å². The Morgan fingerprint density at radius 3 is 2.89 bits per heavy atom. The number of carbonyl (C=O) groups excluding carboxylic acids is 1. The standard InChI is InChI=1S/C12H20N2O3S/c1-2-18-9-5-6-13-10(9)11(15)14-7-3-4-8(14)12(16)17/h8-10,13H,2-7H2,1H3,(H,16,17)/t8-,9?,10-/m0/s1. The number of carboxylic acid groups (broad SMARTS) is 1. The molecule has 2 aliphatic heterocycles. The van der Waals surface area contributed by atoms with E-state index in [9.17, 15) is 9.59 Å². The van der Waals surface area contributed by atoms with Gasteiger partial charge in [-0.15, -0.1) is 0 Å². The summed E-state index contributed by atoms with van der Waals surface area (Å²) in [5.41, 5.74) is 0. The zero-order chi connectivity index (χ0) is 13.1. The van der Waals surface area contributed by atoms with Crippen molar-refractivity contribution in [3.8, 4) is 0 Å². The molecule has 3 atom stereocenters. The van der Waals surface area contributed by atoms with Crippen molar-refractivity contribution in [3.05, 3.63) is 0 Å². The van der Waals surface area contributed by atoms with E-state index in [0.717, 1.165) is 25.1 Å². The maximum Gasteiger partial charge on any atom is 0.326 e. The third kappa shape index (κ3) is 2.64. The van der Waals surface area contributed by atoms with Crippen molar-refractivity contribution in [1.82, 2.24) is 10.2 Å². The molecule has 0 bridgehead atoms. The third-order valence-electron chi connectivity index (χ3n) is 3.63. The molecule has 102 valence electrons. The normalized spacial score (nSPS) is 31.8. The fourth-order valence-corrected chi connectivity index (χ4v) is 3.90. The molecule has 6 heteroatoms. The molecule has 0 spiro atoms. The minimum Gasteiger partial charge on any atom is -0.480 e. The van der Waals surface area contributed by atoms with Gasteiger partial charge in [-0.25, -0.2) is 4.79 Å². The van der Waals surface area contributed by atoms with E-state index in [1.54, 1.807) is 16.7 Å². The van der Waals surface area contributed by atoms with Crippen molar-refractivity contribution in [3.63, 3.8) is 0 Å². The first-order valence-corrected chi connectivity index (χ1v) is 7.58. The Bertz CT molecular complexity index is 337. The van der Waals surface area contributed by atoms with Crippen molar-refractivity contribution in [2.75, 3.05) is 18.8 Å². The van der Waals surface area contributed by atoms with Crippen LogP contribution in [0, 0.1) is 0 Å². The number of aliphatic carboxylic acids is 1. The number of hydrogen-bond donors (Lipinski definition) is 2. The number of thioether (sulfide) groups is 1. The molecule has 2 fully saturated rings. The molecule has 2 N–H and O–H groups in total. The molecule has 5 nitrogen and oxygen atoms in total. The summed E-state index contributed by atoms with van der Waals surface area (Å²) in [7, 11) is 0. The number of carboxylic acids is 1. The van der Waals surface area contributed by atoms with Gasteiger partial charge in [-0.2, -0.15) is 11.8 Å². The summed E-state index contributed by atoms with van der Waals surface area (Å²) in [5.74, 6) is 0.0836. The molecule has 2 rings (SSSR count). The summed E-state index contributed by atoms with van der Waals surface area (Å²) >= 11 is 1.79. The SMILES string of the molecule is CCSC1CCN[C@@H]1C(=O)N1CCC[C@H]1C(=O)O. The van der Waals surface area contributed by atoms with Gasteiger partial charge >= 0.3 is 5.97 Å². The van der Waals surface area contributed by atoms with Gasteiger partial charge in [0, 0.05) is 11.8 Å². The van der Waals surface area contributed by atoms with Gasteiger partial charge in [-0.1, -0.05) is 6.92 Å². The first-order chi connectivity index (χ1) is 8.65. The molecule has 1 amide bonds. The Morgan fingerprint density at radius 2 is 2.22 bits per heavy atom. The highest BCUT2D eigenvalue weighted by Crippen LogP contribution is 2.26. The van der Waals surface area contributed by atoms with E-state index in [0.29, 0.717) is 13.0 Å². The van der Waals surface area contributed by atoms with E-state index in [1.807, 2.05) is 0 Å². The maximum absolute atomic E-state index is 12.4. The number of amides is 1. The summed E-state index contributed by atoms with van der Waals surface area (Å²) in [6.07, 6.45) is 2.36. The Balaban J connectivity index is 2.03. The highest BCUT2D eigenvalue weighted by Gasteiger charge is 2.41. The minimum atomic E-state index is -0.876. The van der Waals surface area contributed by atoms with Crippen LogP contribution in [0.2, 0.25) is 0 Å². The fraction of sp³-hybridized carbons (Fsp3) is 0.833. The predicted molar refractivity (Wildman–Crippen MR) is 70.7 cm³/mol. The molecule has 2 saturated heterocycles. The van der Waals surface area contributed by atoms with Crippen LogP contribution in [-0.4, -0.2) is 58.1 Å². The average molecular weight is 272 g/mol. The van der Waals surface area contributed by atoms with Crippen molar-refractivity contribution in [1.29, 1.82) is 0 Å². The van der Waals surface area contributed by atoms with Crippen LogP contribution in [0.1, 0.15) is 26.2 Å². The number of rotatable bonds is 4. The Kier molecular flexibility index (Phi) is 4.50. The van der Waals surface area contributed by atoms with Gasteiger partial charge in [0.15, 0.2) is 0 Å². The highest BCUT2D eigenvalue weighted by atomic mass is 32.2. The monoisotopic (exact) mass is 272 g/mol. The molecular weight excluding hydrogens is 252 g/mol. The van der Waals surface area contributed by atoms with Crippen LogP contribution < -0.4 is 5.32 Å². The molecule has 2 heterocycles. The molecule has 18 heavy (non-hydrogen) atoms. The zero-order valence-electron chi connectivity index (χ0n) is 10.6. The number of nitrogens with zero attached hydrogens (tertiary/aromatic N) is 1. The molecule has 0 radical (unpaired) electrons. The molecule has 0 saturated carbocycles. The Hall–Kier alpha value is -0.750. The quantitative estimate of drug-likeness (QED) is 0.782. The maximum atomic E-state index is 12.4. The van der Waals surface area contributed by atoms with Crippen LogP contribution in [0.25, 0.3) is 0 Å². The van der Waals surface area contributed by atoms with E-state index >= 15 is 0 Å². The second-order valence-corrected chi connectivity index (χ2v) is 6.26. The van der Waals surface area contributed by atoms with E-state index in [1.165, 1.54) is 0 Å². The molecule has 0 aromatic rings. The van der Waals surface area contributed by atoms with Crippen molar-refractivity contribution >= 4 is 23.6 Å². The third-order valence-corrected chi connectivity index (χ3v) is 4.90. The van der Waals surface area contributed by atoms with Crippen LogP contribution in [0.3, 0.4) is 0 Å². The molecule has 0 aliphatic carbocycles. The number of carbonyl (C=O) groups is 2. The minimum absolute atomic E-state index is 0.0247. The van der Waals surface area contributed by atoms with Gasteiger partial charge in [0.25, 0.3) is 0 Å². The average Bonchev–Trinajstić information content (AvgIpc) is 2.96. The van der Waals surface area contributed by atoms with Gasteiger partial charge in [-0.05, 0) is 31.6 Å². The smallest absolute Gasteiger partial charge is 0.326 e. The second-order valence-electron chi connectivity index (χ2n) is 4.74. The van der Waals surface area contributed by atoms with E-state index in [-0.39, 0.29) is 17.2 Å². The lowest BCUT2D eigenvalue weighted by Gasteiger charge is -2.27. The van der Waals surface area contributed by atoms with Gasteiger partial charge in [0.05, 0.1) is 6.04 Å². The van der Waals surface area contributed by atoms with Crippen molar-refractivity contribution in [2.24, 2.45) is 0 Å². The van der Waals surface area contributed by atoms with Crippen molar-refractivity contribution < 1.29 is 14.7 Å².